The molecule has 4 heteroatoms. The van der Waals surface area contributed by atoms with Crippen LogP contribution in [-0.2, 0) is 9.59 Å². The molecule has 0 saturated heterocycles. The molecule has 1 rings (SSSR count). The van der Waals surface area contributed by atoms with Gasteiger partial charge in [-0.15, -0.1) is 0 Å². The lowest BCUT2D eigenvalue weighted by Crippen LogP contribution is -2.06. The maximum absolute atomic E-state index is 10.8. The SMILES string of the molecule is Cc1ccc(C)c(C=CC(N)=O)c1C=CC(N)=O. The zero-order chi connectivity index (χ0) is 13.7. The lowest BCUT2D eigenvalue weighted by atomic mass is 9.96. The molecular weight excluding hydrogens is 228 g/mol. The van der Waals surface area contributed by atoms with Crippen molar-refractivity contribution in [2.45, 2.75) is 13.8 Å². The first kappa shape index (κ1) is 13.7. The molecule has 0 aliphatic rings. The van der Waals surface area contributed by atoms with Gasteiger partial charge in [-0.1, -0.05) is 12.1 Å². The van der Waals surface area contributed by atoms with E-state index in [9.17, 15) is 9.59 Å². The number of benzene rings is 1. The molecule has 0 aliphatic heterocycles. The van der Waals surface area contributed by atoms with Crippen molar-refractivity contribution >= 4 is 24.0 Å². The van der Waals surface area contributed by atoms with Gasteiger partial charge in [0.15, 0.2) is 0 Å². The van der Waals surface area contributed by atoms with E-state index in [4.69, 9.17) is 11.5 Å². The Morgan fingerprint density at radius 3 is 1.50 bits per heavy atom. The van der Waals surface area contributed by atoms with Gasteiger partial charge in [0.1, 0.15) is 0 Å². The highest BCUT2D eigenvalue weighted by Crippen LogP contribution is 2.21. The molecule has 0 atom stereocenters. The number of nitrogens with two attached hydrogens (primary N) is 2. The Morgan fingerprint density at radius 2 is 1.22 bits per heavy atom. The molecule has 0 aromatic heterocycles. The highest BCUT2D eigenvalue weighted by Gasteiger charge is 2.04. The van der Waals surface area contributed by atoms with Crippen LogP contribution in [0.4, 0.5) is 0 Å². The summed E-state index contributed by atoms with van der Waals surface area (Å²) in [4.78, 5) is 21.6. The van der Waals surface area contributed by atoms with Gasteiger partial charge in [0, 0.05) is 12.2 Å². The minimum absolute atomic E-state index is 0.513. The van der Waals surface area contributed by atoms with Crippen molar-refractivity contribution in [2.24, 2.45) is 11.5 Å². The summed E-state index contributed by atoms with van der Waals surface area (Å²) in [5.74, 6) is -1.03. The Morgan fingerprint density at radius 1 is 0.889 bits per heavy atom. The van der Waals surface area contributed by atoms with E-state index < -0.39 is 11.8 Å². The van der Waals surface area contributed by atoms with Crippen molar-refractivity contribution in [2.75, 3.05) is 0 Å². The standard InChI is InChI=1S/C14H16N2O2/c1-9-3-4-10(2)12(6-8-14(16)18)11(9)5-7-13(15)17/h3-8H,1-2H3,(H2,15,17)(H2,16,18). The zero-order valence-electron chi connectivity index (χ0n) is 10.4. The quantitative estimate of drug-likeness (QED) is 0.782. The van der Waals surface area contributed by atoms with Gasteiger partial charge in [-0.3, -0.25) is 9.59 Å². The van der Waals surface area contributed by atoms with Crippen LogP contribution in [-0.4, -0.2) is 11.8 Å². The summed E-state index contributed by atoms with van der Waals surface area (Å²) >= 11 is 0. The fraction of sp³-hybridized carbons (Fsp3) is 0.143. The summed E-state index contributed by atoms with van der Waals surface area (Å²) in [6, 6.07) is 3.88. The second-order valence-electron chi connectivity index (χ2n) is 4.00. The van der Waals surface area contributed by atoms with Crippen LogP contribution in [0, 0.1) is 13.8 Å². The van der Waals surface area contributed by atoms with Gasteiger partial charge < -0.3 is 11.5 Å². The van der Waals surface area contributed by atoms with Crippen LogP contribution in [0.25, 0.3) is 12.2 Å². The first-order chi connectivity index (χ1) is 8.41. The predicted molar refractivity (Wildman–Crippen MR) is 72.4 cm³/mol. The lowest BCUT2D eigenvalue weighted by Gasteiger charge is -2.09. The molecule has 94 valence electrons. The summed E-state index contributed by atoms with van der Waals surface area (Å²) in [7, 11) is 0. The molecule has 0 fully saturated rings. The van der Waals surface area contributed by atoms with Crippen molar-refractivity contribution in [1.82, 2.24) is 0 Å². The van der Waals surface area contributed by atoms with E-state index >= 15 is 0 Å². The Bertz CT molecular complexity index is 494. The third kappa shape index (κ3) is 3.59. The largest absolute Gasteiger partial charge is 0.366 e. The highest BCUT2D eigenvalue weighted by molar-refractivity contribution is 5.93. The van der Waals surface area contributed by atoms with Crippen molar-refractivity contribution < 1.29 is 9.59 Å². The van der Waals surface area contributed by atoms with E-state index in [1.807, 2.05) is 26.0 Å². The molecule has 0 aliphatic carbocycles. The first-order valence-corrected chi connectivity index (χ1v) is 5.47. The van der Waals surface area contributed by atoms with Crippen molar-refractivity contribution in [3.63, 3.8) is 0 Å². The van der Waals surface area contributed by atoms with E-state index in [1.165, 1.54) is 12.2 Å². The second kappa shape index (κ2) is 5.82. The van der Waals surface area contributed by atoms with Crippen molar-refractivity contribution in [1.29, 1.82) is 0 Å². The van der Waals surface area contributed by atoms with Crippen LogP contribution in [0.1, 0.15) is 22.3 Å². The average Bonchev–Trinajstić information content (AvgIpc) is 2.28. The Kier molecular flexibility index (Phi) is 4.43. The first-order valence-electron chi connectivity index (χ1n) is 5.47. The minimum Gasteiger partial charge on any atom is -0.366 e. The van der Waals surface area contributed by atoms with Crippen LogP contribution in [0.3, 0.4) is 0 Å². The van der Waals surface area contributed by atoms with Gasteiger partial charge in [-0.2, -0.15) is 0 Å². The van der Waals surface area contributed by atoms with Gasteiger partial charge in [0.05, 0.1) is 0 Å². The summed E-state index contributed by atoms with van der Waals surface area (Å²) in [5, 5.41) is 0. The Labute approximate surface area is 106 Å². The smallest absolute Gasteiger partial charge is 0.241 e. The third-order valence-electron chi connectivity index (χ3n) is 2.55. The summed E-state index contributed by atoms with van der Waals surface area (Å²) < 4.78 is 0. The number of carbonyl (C=O) groups excluding carboxylic acids is 2. The Balaban J connectivity index is 3.33. The highest BCUT2D eigenvalue weighted by atomic mass is 16.1. The minimum atomic E-state index is -0.513. The molecule has 0 saturated carbocycles. The number of primary amides is 2. The average molecular weight is 244 g/mol. The fourth-order valence-corrected chi connectivity index (χ4v) is 1.63. The molecule has 1 aromatic carbocycles. The summed E-state index contributed by atoms with van der Waals surface area (Å²) in [6.45, 7) is 3.84. The second-order valence-corrected chi connectivity index (χ2v) is 4.00. The number of rotatable bonds is 4. The van der Waals surface area contributed by atoms with E-state index in [0.29, 0.717) is 0 Å². The summed E-state index contributed by atoms with van der Waals surface area (Å²) in [6.07, 6.45) is 5.88. The third-order valence-corrected chi connectivity index (χ3v) is 2.55. The molecule has 0 heterocycles. The number of hydrogen-bond donors (Lipinski definition) is 2. The molecule has 18 heavy (non-hydrogen) atoms. The van der Waals surface area contributed by atoms with E-state index in [2.05, 4.69) is 0 Å². The lowest BCUT2D eigenvalue weighted by molar-refractivity contribution is -0.114. The van der Waals surface area contributed by atoms with Crippen molar-refractivity contribution in [3.8, 4) is 0 Å². The van der Waals surface area contributed by atoms with E-state index in [0.717, 1.165) is 22.3 Å². The van der Waals surface area contributed by atoms with Gasteiger partial charge in [-0.05, 0) is 48.3 Å². The van der Waals surface area contributed by atoms with Gasteiger partial charge in [0.25, 0.3) is 0 Å². The fourth-order valence-electron chi connectivity index (χ4n) is 1.63. The van der Waals surface area contributed by atoms with Crippen LogP contribution < -0.4 is 11.5 Å². The maximum atomic E-state index is 10.8. The Hall–Kier alpha value is -2.36. The monoisotopic (exact) mass is 244 g/mol. The van der Waals surface area contributed by atoms with E-state index in [1.54, 1.807) is 12.2 Å². The molecule has 1 aromatic rings. The van der Waals surface area contributed by atoms with Crippen LogP contribution >= 0.6 is 0 Å². The molecule has 4 N–H and O–H groups in total. The molecule has 4 nitrogen and oxygen atoms in total. The van der Waals surface area contributed by atoms with Crippen molar-refractivity contribution in [3.05, 3.63) is 46.5 Å². The number of hydrogen-bond acceptors (Lipinski definition) is 2. The van der Waals surface area contributed by atoms with Crippen LogP contribution in [0.5, 0.6) is 0 Å². The maximum Gasteiger partial charge on any atom is 0.241 e. The molecule has 0 radical (unpaired) electrons. The van der Waals surface area contributed by atoms with E-state index in [-0.39, 0.29) is 0 Å². The van der Waals surface area contributed by atoms with Gasteiger partial charge in [-0.25, -0.2) is 0 Å². The molecule has 0 unspecified atom stereocenters. The van der Waals surface area contributed by atoms with Gasteiger partial charge in [0.2, 0.25) is 11.8 Å². The molecule has 2 amide bonds. The molecule has 0 spiro atoms. The molecule has 0 bridgehead atoms. The zero-order valence-corrected chi connectivity index (χ0v) is 10.4. The van der Waals surface area contributed by atoms with Crippen LogP contribution in [0.2, 0.25) is 0 Å². The predicted octanol–water partition coefficient (Wildman–Crippen LogP) is 1.30. The number of carbonyl (C=O) groups is 2. The number of amides is 2. The topological polar surface area (TPSA) is 86.2 Å². The van der Waals surface area contributed by atoms with Crippen LogP contribution in [0.15, 0.2) is 24.3 Å². The van der Waals surface area contributed by atoms with Gasteiger partial charge >= 0.3 is 0 Å². The normalized spacial score (nSPS) is 11.2. The summed E-state index contributed by atoms with van der Waals surface area (Å²) in [5.41, 5.74) is 13.8. The number of aryl methyl sites for hydroxylation is 2. The molecular formula is C14H16N2O2.